The number of anilines is 1. The van der Waals surface area contributed by atoms with Crippen LogP contribution in [-0.4, -0.2) is 57.4 Å². The fraction of sp³-hybridized carbons (Fsp3) is 0.370. The van der Waals surface area contributed by atoms with Gasteiger partial charge in [-0.05, 0) is 42.7 Å². The van der Waals surface area contributed by atoms with E-state index in [9.17, 15) is 4.39 Å². The molecule has 34 heavy (non-hydrogen) atoms. The van der Waals surface area contributed by atoms with Crippen molar-refractivity contribution in [2.45, 2.75) is 27.2 Å². The van der Waals surface area contributed by atoms with Crippen LogP contribution >= 0.6 is 0 Å². The number of rotatable bonds is 6. The van der Waals surface area contributed by atoms with Crippen molar-refractivity contribution in [1.29, 1.82) is 0 Å². The summed E-state index contributed by atoms with van der Waals surface area (Å²) in [6.45, 7) is 11.5. The van der Waals surface area contributed by atoms with E-state index in [1.54, 1.807) is 12.1 Å². The Morgan fingerprint density at radius 3 is 2.29 bits per heavy atom. The molecule has 4 aromatic rings. The molecule has 0 spiro atoms. The predicted molar refractivity (Wildman–Crippen MR) is 134 cm³/mol. The number of benzene rings is 2. The monoisotopic (exact) mass is 458 g/mol. The molecule has 7 heteroatoms. The number of piperazine rings is 1. The fourth-order valence-electron chi connectivity index (χ4n) is 4.71. The number of aromatic nitrogens is 4. The minimum absolute atomic E-state index is 0.267. The SMILES string of the molecule is Cc1nn(-c2ccc(F)cc2)c2nc(Cc3ccccc3)nc(N3CCN(CC(C)C)CC3)c12. The van der Waals surface area contributed by atoms with Crippen LogP contribution in [0.5, 0.6) is 0 Å². The molecular weight excluding hydrogens is 427 g/mol. The summed E-state index contributed by atoms with van der Waals surface area (Å²) in [5, 5.41) is 5.77. The maximum Gasteiger partial charge on any atom is 0.169 e. The van der Waals surface area contributed by atoms with Crippen molar-refractivity contribution in [3.63, 3.8) is 0 Å². The standard InChI is InChI=1S/C27H31FN6/c1-19(2)18-32-13-15-33(16-14-32)26-25-20(3)31-34(23-11-9-22(28)10-12-23)27(25)30-24(29-26)17-21-7-5-4-6-8-21/h4-12,19H,13-18H2,1-3H3. The van der Waals surface area contributed by atoms with Crippen molar-refractivity contribution in [2.24, 2.45) is 5.92 Å². The normalized spacial score (nSPS) is 14.9. The average molecular weight is 459 g/mol. The number of nitrogens with zero attached hydrogens (tertiary/aromatic N) is 6. The molecule has 0 N–H and O–H groups in total. The molecule has 5 rings (SSSR count). The average Bonchev–Trinajstić information content (AvgIpc) is 3.16. The molecule has 1 fully saturated rings. The molecule has 0 saturated carbocycles. The number of hydrogen-bond acceptors (Lipinski definition) is 5. The summed E-state index contributed by atoms with van der Waals surface area (Å²) in [5.41, 5.74) is 3.60. The third kappa shape index (κ3) is 4.66. The molecule has 0 amide bonds. The first-order chi connectivity index (χ1) is 16.5. The lowest BCUT2D eigenvalue weighted by Crippen LogP contribution is -2.47. The first-order valence-electron chi connectivity index (χ1n) is 12.0. The molecule has 1 saturated heterocycles. The van der Waals surface area contributed by atoms with Crippen LogP contribution < -0.4 is 4.90 Å². The zero-order valence-corrected chi connectivity index (χ0v) is 20.1. The Kier molecular flexibility index (Phi) is 6.28. The third-order valence-corrected chi connectivity index (χ3v) is 6.30. The van der Waals surface area contributed by atoms with Crippen LogP contribution in [0, 0.1) is 18.7 Å². The molecule has 1 aliphatic rings. The second-order valence-corrected chi connectivity index (χ2v) is 9.48. The van der Waals surface area contributed by atoms with Crippen molar-refractivity contribution >= 4 is 16.9 Å². The summed E-state index contributed by atoms with van der Waals surface area (Å²) in [4.78, 5) is 14.9. The van der Waals surface area contributed by atoms with Crippen LogP contribution in [0.15, 0.2) is 54.6 Å². The number of fused-ring (bicyclic) bond motifs is 1. The van der Waals surface area contributed by atoms with Gasteiger partial charge in [-0.15, -0.1) is 0 Å². The van der Waals surface area contributed by atoms with Crippen molar-refractivity contribution < 1.29 is 4.39 Å². The molecule has 0 radical (unpaired) electrons. The van der Waals surface area contributed by atoms with Crippen molar-refractivity contribution in [1.82, 2.24) is 24.6 Å². The van der Waals surface area contributed by atoms with Crippen LogP contribution in [0.3, 0.4) is 0 Å². The Hall–Kier alpha value is -3.32. The number of aryl methyl sites for hydroxylation is 1. The molecule has 176 valence electrons. The highest BCUT2D eigenvalue weighted by molar-refractivity contribution is 5.91. The second-order valence-electron chi connectivity index (χ2n) is 9.48. The Morgan fingerprint density at radius 1 is 0.912 bits per heavy atom. The highest BCUT2D eigenvalue weighted by Crippen LogP contribution is 2.30. The lowest BCUT2D eigenvalue weighted by Gasteiger charge is -2.36. The summed E-state index contributed by atoms with van der Waals surface area (Å²) in [7, 11) is 0. The van der Waals surface area contributed by atoms with Crippen molar-refractivity contribution in [3.8, 4) is 5.69 Å². The Morgan fingerprint density at radius 2 is 1.62 bits per heavy atom. The van der Waals surface area contributed by atoms with Crippen molar-refractivity contribution in [3.05, 3.63) is 77.5 Å². The quantitative estimate of drug-likeness (QED) is 0.422. The fourth-order valence-corrected chi connectivity index (χ4v) is 4.71. The second kappa shape index (κ2) is 9.50. The summed E-state index contributed by atoms with van der Waals surface area (Å²) in [5.74, 6) is 2.11. The van der Waals surface area contributed by atoms with E-state index in [1.165, 1.54) is 17.7 Å². The van der Waals surface area contributed by atoms with Crippen LogP contribution in [-0.2, 0) is 6.42 Å². The van der Waals surface area contributed by atoms with Gasteiger partial charge >= 0.3 is 0 Å². The lowest BCUT2D eigenvalue weighted by molar-refractivity contribution is 0.231. The molecule has 3 heterocycles. The van der Waals surface area contributed by atoms with E-state index in [0.29, 0.717) is 12.3 Å². The van der Waals surface area contributed by atoms with Gasteiger partial charge in [0.2, 0.25) is 0 Å². The van der Waals surface area contributed by atoms with Crippen LogP contribution in [0.1, 0.15) is 30.9 Å². The Balaban J connectivity index is 1.58. The molecule has 2 aromatic heterocycles. The molecule has 0 bridgehead atoms. The maximum absolute atomic E-state index is 13.6. The topological polar surface area (TPSA) is 50.1 Å². The van der Waals surface area contributed by atoms with Gasteiger partial charge in [-0.2, -0.15) is 5.10 Å². The van der Waals surface area contributed by atoms with Gasteiger partial charge in [0.25, 0.3) is 0 Å². The van der Waals surface area contributed by atoms with Gasteiger partial charge in [-0.25, -0.2) is 19.0 Å². The third-order valence-electron chi connectivity index (χ3n) is 6.30. The smallest absolute Gasteiger partial charge is 0.169 e. The first-order valence-corrected chi connectivity index (χ1v) is 12.0. The molecule has 0 aliphatic carbocycles. The van der Waals surface area contributed by atoms with Gasteiger partial charge in [0.1, 0.15) is 17.5 Å². The van der Waals surface area contributed by atoms with E-state index < -0.39 is 0 Å². The van der Waals surface area contributed by atoms with E-state index in [1.807, 2.05) is 29.8 Å². The zero-order valence-electron chi connectivity index (χ0n) is 20.1. The summed E-state index contributed by atoms with van der Waals surface area (Å²) >= 11 is 0. The molecule has 6 nitrogen and oxygen atoms in total. The summed E-state index contributed by atoms with van der Waals surface area (Å²) in [6, 6.07) is 16.7. The first kappa shape index (κ1) is 22.5. The molecule has 0 unspecified atom stereocenters. The van der Waals surface area contributed by atoms with E-state index in [0.717, 1.165) is 66.8 Å². The van der Waals surface area contributed by atoms with Gasteiger partial charge in [0.15, 0.2) is 5.65 Å². The highest BCUT2D eigenvalue weighted by atomic mass is 19.1. The predicted octanol–water partition coefficient (Wildman–Crippen LogP) is 4.63. The van der Waals surface area contributed by atoms with E-state index >= 15 is 0 Å². The van der Waals surface area contributed by atoms with Gasteiger partial charge < -0.3 is 4.90 Å². The Bertz CT molecular complexity index is 1260. The molecular formula is C27H31FN6. The molecule has 1 aliphatic heterocycles. The Labute approximate surface area is 200 Å². The molecule has 2 aromatic carbocycles. The van der Waals surface area contributed by atoms with E-state index in [2.05, 4.69) is 35.8 Å². The van der Waals surface area contributed by atoms with Crippen LogP contribution in [0.2, 0.25) is 0 Å². The highest BCUT2D eigenvalue weighted by Gasteiger charge is 2.25. The molecule has 0 atom stereocenters. The van der Waals surface area contributed by atoms with E-state index in [-0.39, 0.29) is 5.82 Å². The van der Waals surface area contributed by atoms with Gasteiger partial charge in [-0.1, -0.05) is 44.2 Å². The zero-order chi connectivity index (χ0) is 23.7. The number of halogens is 1. The van der Waals surface area contributed by atoms with Crippen LogP contribution in [0.25, 0.3) is 16.7 Å². The largest absolute Gasteiger partial charge is 0.353 e. The van der Waals surface area contributed by atoms with E-state index in [4.69, 9.17) is 15.1 Å². The lowest BCUT2D eigenvalue weighted by atomic mass is 10.1. The maximum atomic E-state index is 13.6. The minimum Gasteiger partial charge on any atom is -0.353 e. The minimum atomic E-state index is -0.267. The number of hydrogen-bond donors (Lipinski definition) is 0. The van der Waals surface area contributed by atoms with Gasteiger partial charge in [0.05, 0.1) is 16.8 Å². The van der Waals surface area contributed by atoms with Gasteiger partial charge in [-0.3, -0.25) is 4.90 Å². The van der Waals surface area contributed by atoms with Crippen LogP contribution in [0.4, 0.5) is 10.2 Å². The van der Waals surface area contributed by atoms with Gasteiger partial charge in [0, 0.05) is 39.1 Å². The summed E-state index contributed by atoms with van der Waals surface area (Å²) in [6.07, 6.45) is 0.644. The van der Waals surface area contributed by atoms with Crippen molar-refractivity contribution in [2.75, 3.05) is 37.6 Å². The summed E-state index contributed by atoms with van der Waals surface area (Å²) < 4.78 is 15.4.